The number of ether oxygens (including phenoxy) is 1. The van der Waals surface area contributed by atoms with Gasteiger partial charge in [0.2, 0.25) is 0 Å². The van der Waals surface area contributed by atoms with Gasteiger partial charge in [0.1, 0.15) is 5.75 Å². The molecular weight excluding hydrogens is 432 g/mol. The summed E-state index contributed by atoms with van der Waals surface area (Å²) in [5.41, 5.74) is 0.861. The van der Waals surface area contributed by atoms with Crippen LogP contribution in [-0.4, -0.2) is 53.8 Å². The standard InChI is InChI=1S/C20H19ClN2O4S2/c21-16-9-5-4-6-14(16)10-23-17-12-29(25,26)13-18(17)28-20(23)22-19(24)11-27-15-7-2-1-3-8-15/h1-9,17-18H,10-13H2/t17-,18-/m1/s1. The van der Waals surface area contributed by atoms with Gasteiger partial charge < -0.3 is 9.64 Å². The summed E-state index contributed by atoms with van der Waals surface area (Å²) in [6.45, 7) is 0.219. The number of carbonyl (C=O) groups is 1. The van der Waals surface area contributed by atoms with Crippen molar-refractivity contribution in [2.24, 2.45) is 4.99 Å². The van der Waals surface area contributed by atoms with Crippen molar-refractivity contribution in [2.45, 2.75) is 17.8 Å². The van der Waals surface area contributed by atoms with E-state index in [4.69, 9.17) is 16.3 Å². The van der Waals surface area contributed by atoms with Crippen LogP contribution in [-0.2, 0) is 21.2 Å². The molecule has 2 saturated heterocycles. The fourth-order valence-electron chi connectivity index (χ4n) is 3.43. The average Bonchev–Trinajstić information content (AvgIpc) is 3.14. The molecule has 0 unspecified atom stereocenters. The molecule has 0 bridgehead atoms. The molecule has 152 valence electrons. The molecule has 2 atom stereocenters. The third kappa shape index (κ3) is 4.76. The molecule has 9 heteroatoms. The van der Waals surface area contributed by atoms with Crippen LogP contribution in [0.4, 0.5) is 0 Å². The number of para-hydroxylation sites is 1. The van der Waals surface area contributed by atoms with Crippen LogP contribution >= 0.6 is 23.4 Å². The third-order valence-electron chi connectivity index (χ3n) is 4.80. The summed E-state index contributed by atoms with van der Waals surface area (Å²) in [4.78, 5) is 18.5. The lowest BCUT2D eigenvalue weighted by Crippen LogP contribution is -2.37. The molecule has 4 rings (SSSR count). The molecule has 2 aliphatic heterocycles. The highest BCUT2D eigenvalue weighted by Crippen LogP contribution is 2.39. The number of hydrogen-bond acceptors (Lipinski definition) is 5. The lowest BCUT2D eigenvalue weighted by atomic mass is 10.1. The van der Waals surface area contributed by atoms with Crippen LogP contribution in [0.1, 0.15) is 5.56 Å². The van der Waals surface area contributed by atoms with Gasteiger partial charge in [0.15, 0.2) is 21.6 Å². The molecule has 0 saturated carbocycles. The Kier molecular flexibility index (Phi) is 5.85. The van der Waals surface area contributed by atoms with Crippen molar-refractivity contribution >= 4 is 44.3 Å². The van der Waals surface area contributed by atoms with E-state index < -0.39 is 15.7 Å². The summed E-state index contributed by atoms with van der Waals surface area (Å²) in [6.07, 6.45) is 0. The first kappa shape index (κ1) is 20.3. The van der Waals surface area contributed by atoms with Crippen LogP contribution in [0.25, 0.3) is 0 Å². The smallest absolute Gasteiger partial charge is 0.285 e. The quantitative estimate of drug-likeness (QED) is 0.697. The predicted molar refractivity (Wildman–Crippen MR) is 115 cm³/mol. The highest BCUT2D eigenvalue weighted by atomic mass is 35.5. The van der Waals surface area contributed by atoms with E-state index in [-0.39, 0.29) is 29.4 Å². The van der Waals surface area contributed by atoms with Gasteiger partial charge >= 0.3 is 0 Å². The SMILES string of the molecule is O=C(COc1ccccc1)N=C1S[C@@H]2CS(=O)(=O)C[C@H]2N1Cc1ccccc1Cl. The molecule has 0 aliphatic carbocycles. The van der Waals surface area contributed by atoms with E-state index >= 15 is 0 Å². The normalized spacial score (nSPS) is 23.9. The molecule has 6 nitrogen and oxygen atoms in total. The Bertz CT molecular complexity index is 1040. The van der Waals surface area contributed by atoms with Gasteiger partial charge in [0.25, 0.3) is 5.91 Å². The number of benzene rings is 2. The van der Waals surface area contributed by atoms with Crippen molar-refractivity contribution in [3.63, 3.8) is 0 Å². The number of halogens is 1. The van der Waals surface area contributed by atoms with Crippen molar-refractivity contribution in [2.75, 3.05) is 18.1 Å². The van der Waals surface area contributed by atoms with Gasteiger partial charge in [-0.1, -0.05) is 59.8 Å². The Morgan fingerprint density at radius 2 is 1.86 bits per heavy atom. The highest BCUT2D eigenvalue weighted by molar-refractivity contribution is 8.15. The van der Waals surface area contributed by atoms with Crippen LogP contribution in [0.2, 0.25) is 5.02 Å². The molecule has 0 spiro atoms. The zero-order chi connectivity index (χ0) is 20.4. The summed E-state index contributed by atoms with van der Waals surface area (Å²) in [5, 5.41) is 0.987. The van der Waals surface area contributed by atoms with Gasteiger partial charge in [-0.05, 0) is 23.8 Å². The minimum absolute atomic E-state index is 0.0584. The molecule has 2 heterocycles. The molecule has 29 heavy (non-hydrogen) atoms. The maximum absolute atomic E-state index is 12.4. The molecule has 2 fully saturated rings. The zero-order valence-electron chi connectivity index (χ0n) is 15.4. The topological polar surface area (TPSA) is 76.0 Å². The first-order chi connectivity index (χ1) is 13.9. The Labute approximate surface area is 178 Å². The molecule has 0 radical (unpaired) electrons. The minimum Gasteiger partial charge on any atom is -0.484 e. The van der Waals surface area contributed by atoms with Crippen molar-refractivity contribution in [3.05, 3.63) is 65.2 Å². The van der Waals surface area contributed by atoms with Gasteiger partial charge in [-0.15, -0.1) is 0 Å². The van der Waals surface area contributed by atoms with E-state index in [0.717, 1.165) is 5.56 Å². The van der Waals surface area contributed by atoms with E-state index in [1.165, 1.54) is 11.8 Å². The highest BCUT2D eigenvalue weighted by Gasteiger charge is 2.48. The second-order valence-electron chi connectivity index (χ2n) is 6.91. The lowest BCUT2D eigenvalue weighted by molar-refractivity contribution is -0.119. The van der Waals surface area contributed by atoms with Crippen molar-refractivity contribution < 1.29 is 17.9 Å². The van der Waals surface area contributed by atoms with Crippen LogP contribution in [0.3, 0.4) is 0 Å². The Hall–Kier alpha value is -2.03. The van der Waals surface area contributed by atoms with Crippen molar-refractivity contribution in [1.82, 2.24) is 4.90 Å². The summed E-state index contributed by atoms with van der Waals surface area (Å²) in [6, 6.07) is 16.2. The van der Waals surface area contributed by atoms with Gasteiger partial charge in [-0.25, -0.2) is 8.42 Å². The van der Waals surface area contributed by atoms with Gasteiger partial charge in [0, 0.05) is 16.8 Å². The number of amidine groups is 1. The van der Waals surface area contributed by atoms with Crippen LogP contribution < -0.4 is 4.74 Å². The largest absolute Gasteiger partial charge is 0.484 e. The van der Waals surface area contributed by atoms with Gasteiger partial charge in [0.05, 0.1) is 17.5 Å². The van der Waals surface area contributed by atoms with E-state index in [0.29, 0.717) is 22.5 Å². The van der Waals surface area contributed by atoms with Crippen LogP contribution in [0.5, 0.6) is 5.75 Å². The lowest BCUT2D eigenvalue weighted by Gasteiger charge is -2.25. The summed E-state index contributed by atoms with van der Waals surface area (Å²) in [5.74, 6) is 0.331. The Morgan fingerprint density at radius 1 is 1.14 bits per heavy atom. The molecule has 1 amide bonds. The van der Waals surface area contributed by atoms with Crippen molar-refractivity contribution in [1.29, 1.82) is 0 Å². The first-order valence-electron chi connectivity index (χ1n) is 9.08. The molecule has 0 aromatic heterocycles. The molecule has 2 aromatic carbocycles. The van der Waals surface area contributed by atoms with Crippen molar-refractivity contribution in [3.8, 4) is 5.75 Å². The fourth-order valence-corrected chi connectivity index (χ4v) is 7.60. The number of fused-ring (bicyclic) bond motifs is 1. The number of thioether (sulfide) groups is 1. The summed E-state index contributed by atoms with van der Waals surface area (Å²) in [7, 11) is -3.10. The maximum Gasteiger partial charge on any atom is 0.285 e. The molecule has 0 N–H and O–H groups in total. The zero-order valence-corrected chi connectivity index (χ0v) is 17.8. The van der Waals surface area contributed by atoms with Gasteiger partial charge in [-0.2, -0.15) is 4.99 Å². The predicted octanol–water partition coefficient (Wildman–Crippen LogP) is 3.02. The van der Waals surface area contributed by atoms with Crippen LogP contribution in [0.15, 0.2) is 59.6 Å². The number of aliphatic imine (C=N–C) groups is 1. The number of amides is 1. The number of nitrogens with zero attached hydrogens (tertiary/aromatic N) is 2. The first-order valence-corrected chi connectivity index (χ1v) is 12.2. The van der Waals surface area contributed by atoms with E-state index in [2.05, 4.69) is 4.99 Å². The molecular formula is C20H19ClN2O4S2. The second-order valence-corrected chi connectivity index (χ2v) is 10.7. The number of rotatable bonds is 5. The van der Waals surface area contributed by atoms with Crippen LogP contribution in [0, 0.1) is 0 Å². The number of sulfone groups is 1. The fraction of sp³-hybridized carbons (Fsp3) is 0.300. The van der Waals surface area contributed by atoms with E-state index in [1.807, 2.05) is 41.3 Å². The maximum atomic E-state index is 12.4. The number of carbonyl (C=O) groups excluding carboxylic acids is 1. The Balaban J connectivity index is 1.53. The monoisotopic (exact) mass is 450 g/mol. The minimum atomic E-state index is -3.10. The summed E-state index contributed by atoms with van der Waals surface area (Å²) < 4.78 is 29.7. The number of hydrogen-bond donors (Lipinski definition) is 0. The summed E-state index contributed by atoms with van der Waals surface area (Å²) >= 11 is 7.64. The molecule has 2 aliphatic rings. The van der Waals surface area contributed by atoms with E-state index in [9.17, 15) is 13.2 Å². The average molecular weight is 451 g/mol. The Morgan fingerprint density at radius 3 is 2.62 bits per heavy atom. The third-order valence-corrected chi connectivity index (χ3v) is 8.42. The second kappa shape index (κ2) is 8.38. The van der Waals surface area contributed by atoms with E-state index in [1.54, 1.807) is 18.2 Å². The van der Waals surface area contributed by atoms with Gasteiger partial charge in [-0.3, -0.25) is 4.79 Å². The molecule has 2 aromatic rings.